The van der Waals surface area contributed by atoms with Crippen molar-refractivity contribution < 1.29 is 53.6 Å². The molecule has 2 heterocycles. The maximum atomic E-state index is 13.3. The molecule has 0 bridgehead atoms. The molecule has 1 saturated heterocycles. The van der Waals surface area contributed by atoms with Crippen LogP contribution in [-0.2, 0) is 4.74 Å². The molecule has 0 amide bonds. The number of rotatable bonds is 7. The van der Waals surface area contributed by atoms with Crippen LogP contribution < -0.4 is 24.4 Å². The lowest BCUT2D eigenvalue weighted by Gasteiger charge is -2.39. The predicted molar refractivity (Wildman–Crippen MR) is 124 cm³/mol. The van der Waals surface area contributed by atoms with E-state index in [2.05, 4.69) is 0 Å². The Kier molecular flexibility index (Phi) is 7.24. The summed E-state index contributed by atoms with van der Waals surface area (Å²) in [7, 11) is 3.98. The van der Waals surface area contributed by atoms with Crippen LogP contribution in [0.3, 0.4) is 0 Å². The normalized spacial score (nSPS) is 23.9. The lowest BCUT2D eigenvalue weighted by molar-refractivity contribution is -0.277. The fourth-order valence-electron chi connectivity index (χ4n) is 3.97. The van der Waals surface area contributed by atoms with Crippen molar-refractivity contribution in [1.82, 2.24) is 0 Å². The SMILES string of the molecule is COc1ccc(-c2cc(=O)c3c(O[C@@H]4O[C@H](CO)[C@@H](O)[C@H](O)[C@H]4O)c(OC)c(O)c(OC)c3o2)cc1. The molecule has 0 spiro atoms. The van der Waals surface area contributed by atoms with Crippen molar-refractivity contribution in [2.24, 2.45) is 0 Å². The predicted octanol–water partition coefficient (Wildman–Crippen LogP) is 0.370. The van der Waals surface area contributed by atoms with Gasteiger partial charge in [-0.25, -0.2) is 0 Å². The molecule has 0 aliphatic carbocycles. The summed E-state index contributed by atoms with van der Waals surface area (Å²) in [6.07, 6.45) is -8.06. The van der Waals surface area contributed by atoms with Crippen LogP contribution in [0.25, 0.3) is 22.3 Å². The molecule has 4 rings (SSSR count). The minimum Gasteiger partial charge on any atom is -0.501 e. The lowest BCUT2D eigenvalue weighted by atomic mass is 9.99. The number of fused-ring (bicyclic) bond motifs is 1. The summed E-state index contributed by atoms with van der Waals surface area (Å²) in [6, 6.07) is 7.89. The molecule has 0 saturated carbocycles. The van der Waals surface area contributed by atoms with Crippen molar-refractivity contribution in [3.05, 3.63) is 40.6 Å². The average Bonchev–Trinajstić information content (AvgIpc) is 2.88. The number of aromatic hydroxyl groups is 1. The highest BCUT2D eigenvalue weighted by atomic mass is 16.7. The molecule has 1 fully saturated rings. The molecule has 3 aromatic rings. The van der Waals surface area contributed by atoms with Crippen molar-refractivity contribution in [3.63, 3.8) is 0 Å². The van der Waals surface area contributed by atoms with Gasteiger partial charge in [-0.15, -0.1) is 0 Å². The molecule has 12 nitrogen and oxygen atoms in total. The van der Waals surface area contributed by atoms with E-state index in [1.54, 1.807) is 24.3 Å². The second-order valence-corrected chi connectivity index (χ2v) is 7.97. The van der Waals surface area contributed by atoms with Gasteiger partial charge in [0.2, 0.25) is 23.5 Å². The standard InChI is InChI=1S/C24H26O12/c1-31-11-6-4-10(5-7-11)13-8-12(26)15-20(34-13)22(32-2)19(30)23(33-3)21(15)36-24-18(29)17(28)16(27)14(9-25)35-24/h4-8,14,16-18,24-25,27-30H,9H2,1-3H3/t14-,16-,17+,18-,24+/m1/s1. The van der Waals surface area contributed by atoms with E-state index >= 15 is 0 Å². The molecular weight excluding hydrogens is 480 g/mol. The third-order valence-corrected chi connectivity index (χ3v) is 5.88. The largest absolute Gasteiger partial charge is 0.501 e. The molecule has 1 aliphatic heterocycles. The van der Waals surface area contributed by atoms with Gasteiger partial charge in [-0.2, -0.15) is 0 Å². The number of methoxy groups -OCH3 is 3. The van der Waals surface area contributed by atoms with Crippen LogP contribution in [0.1, 0.15) is 0 Å². The van der Waals surface area contributed by atoms with Crippen LogP contribution in [0.4, 0.5) is 0 Å². The summed E-state index contributed by atoms with van der Waals surface area (Å²) in [4.78, 5) is 13.3. The van der Waals surface area contributed by atoms with Gasteiger partial charge >= 0.3 is 0 Å². The zero-order valence-electron chi connectivity index (χ0n) is 19.6. The number of aliphatic hydroxyl groups is 4. The Hall–Kier alpha value is -3.55. The fourth-order valence-corrected chi connectivity index (χ4v) is 3.97. The monoisotopic (exact) mass is 506 g/mol. The lowest BCUT2D eigenvalue weighted by Crippen LogP contribution is -2.60. The number of ether oxygens (including phenoxy) is 5. The van der Waals surface area contributed by atoms with Crippen LogP contribution in [-0.4, -0.2) is 84.2 Å². The van der Waals surface area contributed by atoms with Crippen LogP contribution in [0.5, 0.6) is 28.7 Å². The minimum atomic E-state index is -1.78. The highest BCUT2D eigenvalue weighted by molar-refractivity contribution is 5.95. The molecule has 0 radical (unpaired) electrons. The van der Waals surface area contributed by atoms with Crippen molar-refractivity contribution in [1.29, 1.82) is 0 Å². The summed E-state index contributed by atoms with van der Waals surface area (Å²) in [6.45, 7) is -0.691. The zero-order chi connectivity index (χ0) is 26.1. The summed E-state index contributed by atoms with van der Waals surface area (Å²) >= 11 is 0. The van der Waals surface area contributed by atoms with Crippen LogP contribution in [0.2, 0.25) is 0 Å². The first-order valence-corrected chi connectivity index (χ1v) is 10.8. The van der Waals surface area contributed by atoms with Gasteiger partial charge in [0.1, 0.15) is 41.3 Å². The summed E-state index contributed by atoms with van der Waals surface area (Å²) < 4.78 is 32.7. The molecule has 1 aliphatic rings. The molecule has 12 heteroatoms. The quantitative estimate of drug-likeness (QED) is 0.298. The number of benzene rings is 2. The molecule has 5 atom stereocenters. The zero-order valence-corrected chi connectivity index (χ0v) is 19.6. The van der Waals surface area contributed by atoms with E-state index in [1.807, 2.05) is 0 Å². The van der Waals surface area contributed by atoms with Crippen LogP contribution in [0, 0.1) is 0 Å². The number of phenolic OH excluding ortho intramolecular Hbond substituents is 1. The van der Waals surface area contributed by atoms with E-state index < -0.39 is 48.5 Å². The fraction of sp³-hybridized carbons (Fsp3) is 0.375. The molecule has 0 unspecified atom stereocenters. The van der Waals surface area contributed by atoms with Crippen molar-refractivity contribution in [2.45, 2.75) is 30.7 Å². The Labute approximate surface area is 204 Å². The second kappa shape index (κ2) is 10.2. The Balaban J connectivity index is 1.90. The molecule has 194 valence electrons. The first-order chi connectivity index (χ1) is 17.2. The van der Waals surface area contributed by atoms with Crippen molar-refractivity contribution >= 4 is 11.0 Å². The van der Waals surface area contributed by atoms with Gasteiger partial charge in [0.05, 0.1) is 27.9 Å². The van der Waals surface area contributed by atoms with Gasteiger partial charge < -0.3 is 53.6 Å². The minimum absolute atomic E-state index is 0.150. The first-order valence-electron chi connectivity index (χ1n) is 10.8. The molecule has 1 aromatic heterocycles. The van der Waals surface area contributed by atoms with Gasteiger partial charge in [0.15, 0.2) is 16.8 Å². The maximum absolute atomic E-state index is 13.3. The summed E-state index contributed by atoms with van der Waals surface area (Å²) in [5.41, 5.74) is -0.268. The second-order valence-electron chi connectivity index (χ2n) is 7.97. The van der Waals surface area contributed by atoms with E-state index in [1.165, 1.54) is 27.4 Å². The van der Waals surface area contributed by atoms with Gasteiger partial charge in [-0.1, -0.05) is 0 Å². The highest BCUT2D eigenvalue weighted by Crippen LogP contribution is 2.50. The number of hydrogen-bond donors (Lipinski definition) is 5. The van der Waals surface area contributed by atoms with Gasteiger partial charge in [0.25, 0.3) is 0 Å². The Morgan fingerprint density at radius 1 is 0.889 bits per heavy atom. The Morgan fingerprint density at radius 3 is 2.14 bits per heavy atom. The van der Waals surface area contributed by atoms with Gasteiger partial charge in [-0.3, -0.25) is 4.79 Å². The number of hydrogen-bond acceptors (Lipinski definition) is 12. The van der Waals surface area contributed by atoms with Gasteiger partial charge in [-0.05, 0) is 24.3 Å². The first kappa shape index (κ1) is 25.5. The number of phenols is 1. The molecule has 5 N–H and O–H groups in total. The molecular formula is C24H26O12. The maximum Gasteiger partial charge on any atom is 0.229 e. The van der Waals surface area contributed by atoms with E-state index in [0.717, 1.165) is 0 Å². The van der Waals surface area contributed by atoms with E-state index in [9.17, 15) is 30.3 Å². The van der Waals surface area contributed by atoms with Crippen molar-refractivity contribution in [2.75, 3.05) is 27.9 Å². The average molecular weight is 506 g/mol. The summed E-state index contributed by atoms with van der Waals surface area (Å²) in [5.74, 6) is -0.738. The summed E-state index contributed by atoms with van der Waals surface area (Å²) in [5, 5.41) is 50.7. The van der Waals surface area contributed by atoms with E-state index in [0.29, 0.717) is 11.3 Å². The topological polar surface area (TPSA) is 178 Å². The molecule has 2 aromatic carbocycles. The van der Waals surface area contributed by atoms with Crippen molar-refractivity contribution in [3.8, 4) is 40.1 Å². The highest BCUT2D eigenvalue weighted by Gasteiger charge is 2.45. The third kappa shape index (κ3) is 4.29. The third-order valence-electron chi connectivity index (χ3n) is 5.88. The smallest absolute Gasteiger partial charge is 0.229 e. The van der Waals surface area contributed by atoms with Crippen LogP contribution >= 0.6 is 0 Å². The van der Waals surface area contributed by atoms with E-state index in [4.69, 9.17) is 28.1 Å². The molecule has 36 heavy (non-hydrogen) atoms. The Morgan fingerprint density at radius 2 is 1.56 bits per heavy atom. The van der Waals surface area contributed by atoms with E-state index in [-0.39, 0.29) is 34.0 Å². The Bertz CT molecular complexity index is 1280. The van der Waals surface area contributed by atoms with Gasteiger partial charge in [0, 0.05) is 11.6 Å². The number of aliphatic hydroxyl groups excluding tert-OH is 4. The van der Waals surface area contributed by atoms with Crippen LogP contribution in [0.15, 0.2) is 39.5 Å².